The largest absolute Gasteiger partial charge is 0.356 e. The second kappa shape index (κ2) is 7.49. The summed E-state index contributed by atoms with van der Waals surface area (Å²) in [6, 6.07) is 17.1. The number of hydrogen-bond donors (Lipinski definition) is 1. The molecule has 0 aromatic heterocycles. The lowest BCUT2D eigenvalue weighted by Crippen LogP contribution is -2.52. The number of benzene rings is 2. The molecule has 1 fully saturated rings. The number of ether oxygens (including phenoxy) is 1. The van der Waals surface area contributed by atoms with Gasteiger partial charge < -0.3 is 15.0 Å². The number of carbonyl (C=O) groups is 2. The molecule has 0 spiro atoms. The van der Waals surface area contributed by atoms with Crippen LogP contribution in [-0.2, 0) is 20.9 Å². The Morgan fingerprint density at radius 1 is 1.20 bits per heavy atom. The Hall–Kier alpha value is -2.66. The number of amides is 2. The molecule has 3 rings (SSSR count). The molecule has 0 unspecified atom stereocenters. The highest BCUT2D eigenvalue weighted by molar-refractivity contribution is 5.86. The second-order valence-corrected chi connectivity index (χ2v) is 6.30. The van der Waals surface area contributed by atoms with Crippen LogP contribution in [0.25, 0.3) is 0 Å². The summed E-state index contributed by atoms with van der Waals surface area (Å²) in [7, 11) is 1.71. The molecule has 0 saturated carbocycles. The fraction of sp³-hybridized carbons (Fsp3) is 0.300. The first-order chi connectivity index (χ1) is 12.1. The van der Waals surface area contributed by atoms with E-state index in [1.54, 1.807) is 11.9 Å². The van der Waals surface area contributed by atoms with Crippen molar-refractivity contribution < 1.29 is 14.3 Å². The molecule has 5 nitrogen and oxygen atoms in total. The quantitative estimate of drug-likeness (QED) is 0.930. The molecule has 2 amide bonds. The van der Waals surface area contributed by atoms with Crippen LogP contribution in [0.5, 0.6) is 0 Å². The van der Waals surface area contributed by atoms with Gasteiger partial charge in [0.05, 0.1) is 6.04 Å². The van der Waals surface area contributed by atoms with E-state index in [1.807, 2.05) is 61.5 Å². The van der Waals surface area contributed by atoms with Crippen LogP contribution < -0.4 is 5.32 Å². The van der Waals surface area contributed by atoms with Gasteiger partial charge >= 0.3 is 0 Å². The van der Waals surface area contributed by atoms with Gasteiger partial charge in [0, 0.05) is 13.6 Å². The lowest BCUT2D eigenvalue weighted by atomic mass is 9.97. The lowest BCUT2D eigenvalue weighted by molar-refractivity contribution is -0.162. The van der Waals surface area contributed by atoms with Crippen LogP contribution >= 0.6 is 0 Å². The van der Waals surface area contributed by atoms with Gasteiger partial charge in [-0.05, 0) is 18.1 Å². The van der Waals surface area contributed by atoms with Crippen LogP contribution in [-0.4, -0.2) is 36.5 Å². The summed E-state index contributed by atoms with van der Waals surface area (Å²) in [5, 5.41) is 2.93. The Morgan fingerprint density at radius 3 is 2.68 bits per heavy atom. The minimum absolute atomic E-state index is 0.0810. The van der Waals surface area contributed by atoms with Gasteiger partial charge in [0.15, 0.2) is 6.10 Å². The summed E-state index contributed by atoms with van der Waals surface area (Å²) in [4.78, 5) is 26.3. The molecule has 2 aromatic rings. The highest BCUT2D eigenvalue weighted by atomic mass is 16.5. The second-order valence-electron chi connectivity index (χ2n) is 6.30. The molecule has 1 saturated heterocycles. The summed E-state index contributed by atoms with van der Waals surface area (Å²) in [6.45, 7) is 2.36. The topological polar surface area (TPSA) is 58.6 Å². The maximum absolute atomic E-state index is 12.7. The SMILES string of the molecule is Cc1cccc(CNC(=O)[C@@H]2OCC(=O)N(C)[C@H]2c2ccccc2)c1. The van der Waals surface area contributed by atoms with E-state index in [4.69, 9.17) is 4.74 Å². The van der Waals surface area contributed by atoms with Gasteiger partial charge in [-0.15, -0.1) is 0 Å². The van der Waals surface area contributed by atoms with E-state index in [2.05, 4.69) is 5.32 Å². The predicted molar refractivity (Wildman–Crippen MR) is 94.7 cm³/mol. The van der Waals surface area contributed by atoms with E-state index in [0.29, 0.717) is 6.54 Å². The summed E-state index contributed by atoms with van der Waals surface area (Å²) < 4.78 is 5.60. The van der Waals surface area contributed by atoms with Gasteiger partial charge in [0.25, 0.3) is 5.91 Å². The normalized spacial score (nSPS) is 20.4. The average molecular weight is 338 g/mol. The van der Waals surface area contributed by atoms with Crippen molar-refractivity contribution >= 4 is 11.8 Å². The third-order valence-electron chi connectivity index (χ3n) is 4.43. The third kappa shape index (κ3) is 3.88. The van der Waals surface area contributed by atoms with Crippen molar-refractivity contribution in [3.8, 4) is 0 Å². The van der Waals surface area contributed by atoms with E-state index in [1.165, 1.54) is 0 Å². The van der Waals surface area contributed by atoms with Crippen molar-refractivity contribution in [2.75, 3.05) is 13.7 Å². The fourth-order valence-corrected chi connectivity index (χ4v) is 3.09. The molecular formula is C20H22N2O3. The smallest absolute Gasteiger partial charge is 0.251 e. The minimum atomic E-state index is -0.727. The third-order valence-corrected chi connectivity index (χ3v) is 4.43. The minimum Gasteiger partial charge on any atom is -0.356 e. The van der Waals surface area contributed by atoms with Gasteiger partial charge in [-0.1, -0.05) is 60.2 Å². The zero-order valence-corrected chi connectivity index (χ0v) is 14.4. The summed E-state index contributed by atoms with van der Waals surface area (Å²) in [6.07, 6.45) is -0.727. The molecule has 1 heterocycles. The average Bonchev–Trinajstić information content (AvgIpc) is 2.62. The molecule has 1 aliphatic heterocycles. The van der Waals surface area contributed by atoms with Crippen LogP contribution in [0.2, 0.25) is 0 Å². The molecule has 2 aromatic carbocycles. The molecule has 130 valence electrons. The van der Waals surface area contributed by atoms with Crippen LogP contribution in [0, 0.1) is 6.92 Å². The number of aryl methyl sites for hydroxylation is 1. The number of nitrogens with zero attached hydrogens (tertiary/aromatic N) is 1. The van der Waals surface area contributed by atoms with Crippen LogP contribution in [0.4, 0.5) is 0 Å². The van der Waals surface area contributed by atoms with E-state index in [0.717, 1.165) is 16.7 Å². The van der Waals surface area contributed by atoms with Crippen molar-refractivity contribution in [2.45, 2.75) is 25.6 Å². The monoisotopic (exact) mass is 338 g/mol. The van der Waals surface area contributed by atoms with Gasteiger partial charge in [-0.3, -0.25) is 9.59 Å². The van der Waals surface area contributed by atoms with Crippen molar-refractivity contribution in [3.05, 3.63) is 71.3 Å². The summed E-state index contributed by atoms with van der Waals surface area (Å²) in [5.41, 5.74) is 3.06. The van der Waals surface area contributed by atoms with E-state index >= 15 is 0 Å². The maximum Gasteiger partial charge on any atom is 0.251 e. The summed E-state index contributed by atoms with van der Waals surface area (Å²) in [5.74, 6) is -0.341. The Bertz CT molecular complexity index is 761. The maximum atomic E-state index is 12.7. The van der Waals surface area contributed by atoms with E-state index < -0.39 is 12.1 Å². The highest BCUT2D eigenvalue weighted by Gasteiger charge is 2.39. The molecule has 5 heteroatoms. The standard InChI is InChI=1S/C20H22N2O3/c1-14-7-6-8-15(11-14)12-21-20(24)19-18(16-9-4-3-5-10-16)22(2)17(23)13-25-19/h3-11,18-19H,12-13H2,1-2H3,(H,21,24)/t18-,19+/m0/s1. The molecule has 25 heavy (non-hydrogen) atoms. The van der Waals surface area contributed by atoms with Crippen LogP contribution in [0.3, 0.4) is 0 Å². The van der Waals surface area contributed by atoms with Gasteiger partial charge in [0.2, 0.25) is 5.91 Å². The van der Waals surface area contributed by atoms with E-state index in [-0.39, 0.29) is 18.4 Å². The van der Waals surface area contributed by atoms with Crippen molar-refractivity contribution in [1.29, 1.82) is 0 Å². The Labute approximate surface area is 147 Å². The Kier molecular flexibility index (Phi) is 5.14. The number of likely N-dealkylation sites (N-methyl/N-ethyl adjacent to an activating group) is 1. The molecular weight excluding hydrogens is 316 g/mol. The van der Waals surface area contributed by atoms with Gasteiger partial charge in [-0.2, -0.15) is 0 Å². The van der Waals surface area contributed by atoms with E-state index in [9.17, 15) is 9.59 Å². The predicted octanol–water partition coefficient (Wildman–Crippen LogP) is 2.21. The first kappa shape index (κ1) is 17.2. The Balaban J connectivity index is 1.76. The lowest BCUT2D eigenvalue weighted by Gasteiger charge is -2.38. The van der Waals surface area contributed by atoms with Crippen molar-refractivity contribution in [3.63, 3.8) is 0 Å². The molecule has 2 atom stereocenters. The van der Waals surface area contributed by atoms with Crippen molar-refractivity contribution in [1.82, 2.24) is 10.2 Å². The number of carbonyl (C=O) groups excluding carboxylic acids is 2. The first-order valence-corrected chi connectivity index (χ1v) is 8.32. The molecule has 0 radical (unpaired) electrons. The number of rotatable bonds is 4. The zero-order chi connectivity index (χ0) is 17.8. The number of hydrogen-bond acceptors (Lipinski definition) is 3. The molecule has 0 bridgehead atoms. The van der Waals surface area contributed by atoms with Gasteiger partial charge in [0.1, 0.15) is 6.61 Å². The first-order valence-electron chi connectivity index (χ1n) is 8.32. The zero-order valence-electron chi connectivity index (χ0n) is 14.4. The number of nitrogens with one attached hydrogen (secondary N) is 1. The number of morpholine rings is 1. The van der Waals surface area contributed by atoms with Crippen molar-refractivity contribution in [2.24, 2.45) is 0 Å². The Morgan fingerprint density at radius 2 is 1.96 bits per heavy atom. The van der Waals surface area contributed by atoms with Crippen LogP contribution in [0.1, 0.15) is 22.7 Å². The fourth-order valence-electron chi connectivity index (χ4n) is 3.09. The molecule has 1 N–H and O–H groups in total. The molecule has 1 aliphatic rings. The summed E-state index contributed by atoms with van der Waals surface area (Å²) >= 11 is 0. The van der Waals surface area contributed by atoms with Gasteiger partial charge in [-0.25, -0.2) is 0 Å². The molecule has 0 aliphatic carbocycles. The van der Waals surface area contributed by atoms with Crippen LogP contribution in [0.15, 0.2) is 54.6 Å². The highest BCUT2D eigenvalue weighted by Crippen LogP contribution is 2.29.